The topological polar surface area (TPSA) is 29.9 Å². The summed E-state index contributed by atoms with van der Waals surface area (Å²) in [4.78, 5) is 4.62. The Labute approximate surface area is 79.2 Å². The van der Waals surface area contributed by atoms with Gasteiger partial charge in [0.2, 0.25) is 0 Å². The van der Waals surface area contributed by atoms with Crippen molar-refractivity contribution in [1.82, 2.24) is 14.9 Å². The monoisotopic (exact) mass is 179 g/mol. The van der Waals surface area contributed by atoms with Crippen LogP contribution in [-0.2, 0) is 13.1 Å². The van der Waals surface area contributed by atoms with Gasteiger partial charge in [0.05, 0.1) is 12.2 Å². The van der Waals surface area contributed by atoms with Gasteiger partial charge in [0.25, 0.3) is 0 Å². The molecule has 0 amide bonds. The first-order chi connectivity index (χ1) is 6.31. The first kappa shape index (κ1) is 8.75. The molecule has 1 atom stereocenters. The van der Waals surface area contributed by atoms with Crippen LogP contribution in [0.25, 0.3) is 0 Å². The molecule has 1 aliphatic heterocycles. The second kappa shape index (κ2) is 3.50. The van der Waals surface area contributed by atoms with Crippen LogP contribution in [0.1, 0.15) is 37.7 Å². The fourth-order valence-electron chi connectivity index (χ4n) is 1.66. The quantitative estimate of drug-likeness (QED) is 0.745. The van der Waals surface area contributed by atoms with E-state index >= 15 is 0 Å². The van der Waals surface area contributed by atoms with E-state index in [-0.39, 0.29) is 0 Å². The molecule has 0 aromatic carbocycles. The molecule has 0 radical (unpaired) electrons. The molecule has 3 nitrogen and oxygen atoms in total. The summed E-state index contributed by atoms with van der Waals surface area (Å²) >= 11 is 0. The highest BCUT2D eigenvalue weighted by molar-refractivity contribution is 5.09. The van der Waals surface area contributed by atoms with Crippen molar-refractivity contribution in [2.24, 2.45) is 0 Å². The Morgan fingerprint density at radius 1 is 1.69 bits per heavy atom. The van der Waals surface area contributed by atoms with E-state index in [9.17, 15) is 0 Å². The summed E-state index contributed by atoms with van der Waals surface area (Å²) in [6.45, 7) is 7.52. The van der Waals surface area contributed by atoms with E-state index in [4.69, 9.17) is 0 Å². The van der Waals surface area contributed by atoms with Gasteiger partial charge in [-0.3, -0.25) is 0 Å². The van der Waals surface area contributed by atoms with E-state index in [2.05, 4.69) is 34.9 Å². The highest BCUT2D eigenvalue weighted by atomic mass is 15.1. The predicted molar refractivity (Wildman–Crippen MR) is 52.6 cm³/mol. The van der Waals surface area contributed by atoms with Gasteiger partial charge < -0.3 is 9.88 Å². The molecule has 0 spiro atoms. The number of nitrogens with zero attached hydrogens (tertiary/aromatic N) is 2. The van der Waals surface area contributed by atoms with Gasteiger partial charge in [-0.2, -0.15) is 0 Å². The normalized spacial score (nSPS) is 18.3. The van der Waals surface area contributed by atoms with Gasteiger partial charge in [0, 0.05) is 19.3 Å². The van der Waals surface area contributed by atoms with Gasteiger partial charge in [-0.25, -0.2) is 4.98 Å². The number of aromatic nitrogens is 2. The van der Waals surface area contributed by atoms with Gasteiger partial charge in [-0.1, -0.05) is 13.8 Å². The zero-order chi connectivity index (χ0) is 9.26. The van der Waals surface area contributed by atoms with E-state index in [1.165, 1.54) is 17.9 Å². The van der Waals surface area contributed by atoms with Crippen molar-refractivity contribution in [2.45, 2.75) is 39.3 Å². The molecule has 1 N–H and O–H groups in total. The minimum absolute atomic E-state index is 0.595. The Morgan fingerprint density at radius 3 is 3.23 bits per heavy atom. The molecule has 13 heavy (non-hydrogen) atoms. The minimum atomic E-state index is 0.595. The van der Waals surface area contributed by atoms with E-state index in [1.807, 2.05) is 0 Å². The molecule has 1 aliphatic rings. The third-order valence-corrected chi connectivity index (χ3v) is 2.81. The number of hydrogen-bond acceptors (Lipinski definition) is 2. The van der Waals surface area contributed by atoms with Crippen molar-refractivity contribution < 1.29 is 0 Å². The van der Waals surface area contributed by atoms with Crippen LogP contribution in [-0.4, -0.2) is 16.1 Å². The number of rotatable bonds is 2. The van der Waals surface area contributed by atoms with Crippen LogP contribution >= 0.6 is 0 Å². The average molecular weight is 179 g/mol. The molecule has 2 heterocycles. The van der Waals surface area contributed by atoms with E-state index in [1.54, 1.807) is 0 Å². The fraction of sp³-hybridized carbons (Fsp3) is 0.700. The first-order valence-corrected chi connectivity index (χ1v) is 5.08. The molecule has 0 bridgehead atoms. The summed E-state index contributed by atoms with van der Waals surface area (Å²) < 4.78 is 2.28. The van der Waals surface area contributed by atoms with Crippen LogP contribution in [0.2, 0.25) is 0 Å². The Bertz CT molecular complexity index is 267. The Morgan fingerprint density at radius 2 is 2.54 bits per heavy atom. The smallest absolute Gasteiger partial charge is 0.123 e. The summed E-state index contributed by atoms with van der Waals surface area (Å²) in [7, 11) is 0. The highest BCUT2D eigenvalue weighted by Gasteiger charge is 2.14. The maximum atomic E-state index is 4.62. The lowest BCUT2D eigenvalue weighted by atomic mass is 10.1. The predicted octanol–water partition coefficient (Wildman–Crippen LogP) is 1.50. The van der Waals surface area contributed by atoms with Crippen LogP contribution in [0.4, 0.5) is 0 Å². The van der Waals surface area contributed by atoms with Crippen LogP contribution in [0.15, 0.2) is 6.20 Å². The molecule has 2 rings (SSSR count). The van der Waals surface area contributed by atoms with Crippen LogP contribution in [0.5, 0.6) is 0 Å². The summed E-state index contributed by atoms with van der Waals surface area (Å²) in [6, 6.07) is 0. The van der Waals surface area contributed by atoms with Crippen LogP contribution < -0.4 is 5.32 Å². The third kappa shape index (κ3) is 1.61. The molecule has 0 aliphatic carbocycles. The lowest BCUT2D eigenvalue weighted by molar-refractivity contribution is 0.505. The zero-order valence-corrected chi connectivity index (χ0v) is 8.38. The molecule has 1 aromatic heterocycles. The number of hydrogen-bond donors (Lipinski definition) is 1. The highest BCUT2D eigenvalue weighted by Crippen LogP contribution is 2.18. The van der Waals surface area contributed by atoms with E-state index < -0.39 is 0 Å². The molecule has 3 heteroatoms. The van der Waals surface area contributed by atoms with E-state index in [0.717, 1.165) is 19.6 Å². The number of nitrogens with one attached hydrogen (secondary N) is 1. The van der Waals surface area contributed by atoms with Crippen LogP contribution in [0.3, 0.4) is 0 Å². The van der Waals surface area contributed by atoms with Crippen molar-refractivity contribution in [3.05, 3.63) is 17.7 Å². The summed E-state index contributed by atoms with van der Waals surface area (Å²) in [5.41, 5.74) is 1.25. The fourth-order valence-corrected chi connectivity index (χ4v) is 1.66. The second-order valence-electron chi connectivity index (χ2n) is 3.76. The van der Waals surface area contributed by atoms with Crippen molar-refractivity contribution in [3.8, 4) is 0 Å². The average Bonchev–Trinajstić information content (AvgIpc) is 2.59. The number of imidazole rings is 1. The van der Waals surface area contributed by atoms with Gasteiger partial charge >= 0.3 is 0 Å². The molecule has 1 aromatic rings. The molecular weight excluding hydrogens is 162 g/mol. The lowest BCUT2D eigenvalue weighted by Crippen LogP contribution is -2.27. The summed E-state index contributed by atoms with van der Waals surface area (Å²) in [6.07, 6.45) is 3.38. The maximum Gasteiger partial charge on any atom is 0.123 e. The SMILES string of the molecule is CC[C@H](C)c1cn2c(n1)CNCC2. The van der Waals surface area contributed by atoms with Crippen molar-refractivity contribution in [1.29, 1.82) is 0 Å². The summed E-state index contributed by atoms with van der Waals surface area (Å²) in [5, 5.41) is 3.33. The van der Waals surface area contributed by atoms with Crippen molar-refractivity contribution in [3.63, 3.8) is 0 Å². The van der Waals surface area contributed by atoms with Gasteiger partial charge in [-0.15, -0.1) is 0 Å². The minimum Gasteiger partial charge on any atom is -0.332 e. The van der Waals surface area contributed by atoms with E-state index in [0.29, 0.717) is 5.92 Å². The molecule has 0 saturated carbocycles. The Hall–Kier alpha value is -0.830. The van der Waals surface area contributed by atoms with Crippen molar-refractivity contribution in [2.75, 3.05) is 6.54 Å². The van der Waals surface area contributed by atoms with Crippen LogP contribution in [0, 0.1) is 0 Å². The Kier molecular flexibility index (Phi) is 2.36. The van der Waals surface area contributed by atoms with Crippen molar-refractivity contribution >= 4 is 0 Å². The third-order valence-electron chi connectivity index (χ3n) is 2.81. The zero-order valence-electron chi connectivity index (χ0n) is 8.38. The molecule has 0 unspecified atom stereocenters. The van der Waals surface area contributed by atoms with Gasteiger partial charge in [0.15, 0.2) is 0 Å². The molecule has 0 fully saturated rings. The number of fused-ring (bicyclic) bond motifs is 1. The summed E-state index contributed by atoms with van der Waals surface area (Å²) in [5.74, 6) is 1.79. The molecule has 0 saturated heterocycles. The van der Waals surface area contributed by atoms with Gasteiger partial charge in [0.1, 0.15) is 5.82 Å². The molecular formula is C10H17N3. The lowest BCUT2D eigenvalue weighted by Gasteiger charge is -2.13. The Balaban J connectivity index is 2.25. The first-order valence-electron chi connectivity index (χ1n) is 5.08. The molecule has 72 valence electrons. The van der Waals surface area contributed by atoms with Gasteiger partial charge in [-0.05, 0) is 12.3 Å². The largest absolute Gasteiger partial charge is 0.332 e. The maximum absolute atomic E-state index is 4.62. The second-order valence-corrected chi connectivity index (χ2v) is 3.76. The standard InChI is InChI=1S/C10H17N3/c1-3-8(2)9-7-13-5-4-11-6-10(13)12-9/h7-8,11H,3-6H2,1-2H3/t8-/m0/s1.